The Morgan fingerprint density at radius 1 is 1.24 bits per heavy atom. The van der Waals surface area contributed by atoms with E-state index in [2.05, 4.69) is 25.6 Å². The summed E-state index contributed by atoms with van der Waals surface area (Å²) >= 11 is 0. The molecular weight excluding hydrogens is 274 g/mol. The van der Waals surface area contributed by atoms with Crippen LogP contribution in [0.5, 0.6) is 6.01 Å². The summed E-state index contributed by atoms with van der Waals surface area (Å²) in [5.41, 5.74) is -0.788. The summed E-state index contributed by atoms with van der Waals surface area (Å²) in [6.07, 6.45) is 1.17. The quantitative estimate of drug-likeness (QED) is 0.703. The van der Waals surface area contributed by atoms with Crippen LogP contribution in [0.4, 0.5) is 11.9 Å². The van der Waals surface area contributed by atoms with Crippen LogP contribution in [0.1, 0.15) is 26.7 Å². The van der Waals surface area contributed by atoms with E-state index < -0.39 is 5.60 Å². The summed E-state index contributed by atoms with van der Waals surface area (Å²) in [7, 11) is 1.73. The van der Waals surface area contributed by atoms with Crippen molar-refractivity contribution in [2.75, 3.05) is 37.4 Å². The maximum Gasteiger partial charge on any atom is 0.323 e. The van der Waals surface area contributed by atoms with Crippen molar-refractivity contribution in [2.24, 2.45) is 0 Å². The van der Waals surface area contributed by atoms with E-state index in [0.717, 1.165) is 0 Å². The molecule has 1 aliphatic rings. The van der Waals surface area contributed by atoms with Gasteiger partial charge in [-0.3, -0.25) is 0 Å². The van der Waals surface area contributed by atoms with Gasteiger partial charge in [-0.25, -0.2) is 0 Å². The predicted octanol–water partition coefficient (Wildman–Crippen LogP) is 0.654. The van der Waals surface area contributed by atoms with Gasteiger partial charge in [0.25, 0.3) is 0 Å². The molecule has 0 aromatic carbocycles. The number of rotatable bonds is 6. The molecule has 118 valence electrons. The normalized spacial score (nSPS) is 17.6. The largest absolute Gasteiger partial charge is 0.461 e. The van der Waals surface area contributed by atoms with Crippen LogP contribution in [0, 0.1) is 0 Å². The first-order valence-corrected chi connectivity index (χ1v) is 7.15. The van der Waals surface area contributed by atoms with Crippen molar-refractivity contribution < 1.29 is 14.6 Å². The van der Waals surface area contributed by atoms with E-state index in [1.807, 2.05) is 13.8 Å². The molecule has 1 fully saturated rings. The van der Waals surface area contributed by atoms with Gasteiger partial charge in [-0.05, 0) is 13.8 Å². The van der Waals surface area contributed by atoms with Gasteiger partial charge >= 0.3 is 6.01 Å². The molecular formula is C13H23N5O3. The maximum atomic E-state index is 10.4. The van der Waals surface area contributed by atoms with Gasteiger partial charge in [0.1, 0.15) is 0 Å². The van der Waals surface area contributed by atoms with Crippen molar-refractivity contribution in [3.8, 4) is 6.01 Å². The molecule has 1 aliphatic heterocycles. The summed E-state index contributed by atoms with van der Waals surface area (Å²) in [4.78, 5) is 12.5. The van der Waals surface area contributed by atoms with E-state index in [1.165, 1.54) is 0 Å². The second kappa shape index (κ2) is 6.86. The summed E-state index contributed by atoms with van der Waals surface area (Å²) in [5, 5.41) is 16.3. The van der Waals surface area contributed by atoms with E-state index >= 15 is 0 Å². The van der Waals surface area contributed by atoms with Crippen LogP contribution < -0.4 is 15.4 Å². The van der Waals surface area contributed by atoms with Crippen LogP contribution in [0.3, 0.4) is 0 Å². The molecule has 0 bridgehead atoms. The molecule has 8 nitrogen and oxygen atoms in total. The Labute approximate surface area is 124 Å². The average Bonchev–Trinajstić information content (AvgIpc) is 2.45. The van der Waals surface area contributed by atoms with Gasteiger partial charge < -0.3 is 25.2 Å². The van der Waals surface area contributed by atoms with Gasteiger partial charge in [0, 0.05) is 39.6 Å². The number of aromatic nitrogens is 3. The topological polar surface area (TPSA) is 101 Å². The predicted molar refractivity (Wildman–Crippen MR) is 78.6 cm³/mol. The SMILES string of the molecule is CNc1nc(NCC2(O)CCOCC2)nc(OC(C)C)n1. The van der Waals surface area contributed by atoms with E-state index in [-0.39, 0.29) is 12.1 Å². The molecule has 0 saturated carbocycles. The summed E-state index contributed by atoms with van der Waals surface area (Å²) in [6.45, 7) is 5.31. The van der Waals surface area contributed by atoms with Crippen molar-refractivity contribution in [1.29, 1.82) is 0 Å². The number of nitrogens with one attached hydrogen (secondary N) is 2. The molecule has 0 atom stereocenters. The Bertz CT molecular complexity index is 463. The van der Waals surface area contributed by atoms with Gasteiger partial charge in [-0.2, -0.15) is 15.0 Å². The van der Waals surface area contributed by atoms with Crippen molar-refractivity contribution in [2.45, 2.75) is 38.4 Å². The first-order valence-electron chi connectivity index (χ1n) is 7.15. The fraction of sp³-hybridized carbons (Fsp3) is 0.769. The minimum absolute atomic E-state index is 0.0235. The van der Waals surface area contributed by atoms with Gasteiger partial charge in [-0.1, -0.05) is 0 Å². The van der Waals surface area contributed by atoms with Crippen LogP contribution in [-0.2, 0) is 4.74 Å². The highest BCUT2D eigenvalue weighted by molar-refractivity contribution is 5.35. The van der Waals surface area contributed by atoms with Crippen LogP contribution >= 0.6 is 0 Å². The highest BCUT2D eigenvalue weighted by Gasteiger charge is 2.29. The molecule has 2 rings (SSSR count). The lowest BCUT2D eigenvalue weighted by atomic mass is 9.94. The molecule has 1 aromatic rings. The second-order valence-corrected chi connectivity index (χ2v) is 5.37. The molecule has 0 amide bonds. The fourth-order valence-electron chi connectivity index (χ4n) is 1.98. The molecule has 2 heterocycles. The first kappa shape index (κ1) is 15.7. The van der Waals surface area contributed by atoms with E-state index in [0.29, 0.717) is 44.5 Å². The second-order valence-electron chi connectivity index (χ2n) is 5.37. The zero-order chi connectivity index (χ0) is 15.3. The van der Waals surface area contributed by atoms with Crippen molar-refractivity contribution in [1.82, 2.24) is 15.0 Å². The van der Waals surface area contributed by atoms with Crippen molar-refractivity contribution in [3.63, 3.8) is 0 Å². The minimum Gasteiger partial charge on any atom is -0.461 e. The van der Waals surface area contributed by atoms with Crippen LogP contribution in [-0.4, -0.2) is 58.6 Å². The number of ether oxygens (including phenoxy) is 2. The number of anilines is 2. The lowest BCUT2D eigenvalue weighted by Crippen LogP contribution is -2.42. The third-order valence-corrected chi connectivity index (χ3v) is 3.18. The van der Waals surface area contributed by atoms with E-state index in [9.17, 15) is 5.11 Å². The highest BCUT2D eigenvalue weighted by atomic mass is 16.5. The molecule has 0 spiro atoms. The smallest absolute Gasteiger partial charge is 0.323 e. The molecule has 0 unspecified atom stereocenters. The fourth-order valence-corrected chi connectivity index (χ4v) is 1.98. The molecule has 0 radical (unpaired) electrons. The Morgan fingerprint density at radius 3 is 2.52 bits per heavy atom. The van der Waals surface area contributed by atoms with E-state index in [1.54, 1.807) is 7.05 Å². The molecule has 8 heteroatoms. The van der Waals surface area contributed by atoms with Crippen LogP contribution in [0.25, 0.3) is 0 Å². The van der Waals surface area contributed by atoms with Gasteiger partial charge in [0.2, 0.25) is 11.9 Å². The maximum absolute atomic E-state index is 10.4. The molecule has 0 aliphatic carbocycles. The summed E-state index contributed by atoms with van der Waals surface area (Å²) in [6, 6.07) is 0.255. The Hall–Kier alpha value is -1.67. The Morgan fingerprint density at radius 2 is 1.90 bits per heavy atom. The van der Waals surface area contributed by atoms with Crippen LogP contribution in [0.2, 0.25) is 0 Å². The van der Waals surface area contributed by atoms with Crippen molar-refractivity contribution in [3.05, 3.63) is 0 Å². The lowest BCUT2D eigenvalue weighted by Gasteiger charge is -2.32. The zero-order valence-electron chi connectivity index (χ0n) is 12.7. The van der Waals surface area contributed by atoms with Crippen molar-refractivity contribution >= 4 is 11.9 Å². The highest BCUT2D eigenvalue weighted by Crippen LogP contribution is 2.21. The third-order valence-electron chi connectivity index (χ3n) is 3.18. The van der Waals surface area contributed by atoms with Gasteiger partial charge in [-0.15, -0.1) is 0 Å². The summed E-state index contributed by atoms with van der Waals surface area (Å²) < 4.78 is 10.7. The molecule has 3 N–H and O–H groups in total. The lowest BCUT2D eigenvalue weighted by molar-refractivity contribution is -0.0544. The molecule has 1 aromatic heterocycles. The number of hydrogen-bond donors (Lipinski definition) is 3. The number of hydrogen-bond acceptors (Lipinski definition) is 8. The number of aliphatic hydroxyl groups is 1. The van der Waals surface area contributed by atoms with E-state index in [4.69, 9.17) is 9.47 Å². The Kier molecular flexibility index (Phi) is 5.13. The standard InChI is InChI=1S/C13H23N5O3/c1-9(2)21-12-17-10(14-3)16-11(18-12)15-8-13(19)4-6-20-7-5-13/h9,19H,4-8H2,1-3H3,(H2,14,15,16,17,18). The first-order chi connectivity index (χ1) is 10.0. The molecule has 1 saturated heterocycles. The molecule has 21 heavy (non-hydrogen) atoms. The zero-order valence-corrected chi connectivity index (χ0v) is 12.7. The third kappa shape index (κ3) is 4.68. The van der Waals surface area contributed by atoms with Gasteiger partial charge in [0.05, 0.1) is 11.7 Å². The summed E-state index contributed by atoms with van der Waals surface area (Å²) in [5.74, 6) is 0.798. The Balaban J connectivity index is 2.04. The van der Waals surface area contributed by atoms with Gasteiger partial charge in [0.15, 0.2) is 0 Å². The minimum atomic E-state index is -0.788. The van der Waals surface area contributed by atoms with Crippen LogP contribution in [0.15, 0.2) is 0 Å². The number of nitrogens with zero attached hydrogens (tertiary/aromatic N) is 3. The monoisotopic (exact) mass is 297 g/mol. The average molecular weight is 297 g/mol.